The second-order valence-electron chi connectivity index (χ2n) is 5.60. The van der Waals surface area contributed by atoms with Crippen molar-refractivity contribution in [1.82, 2.24) is 10.2 Å². The van der Waals surface area contributed by atoms with Crippen LogP contribution in [0.1, 0.15) is 30.3 Å². The van der Waals surface area contributed by atoms with Gasteiger partial charge in [-0.15, -0.1) is 10.2 Å². The van der Waals surface area contributed by atoms with Crippen LogP contribution in [-0.4, -0.2) is 29.7 Å². The van der Waals surface area contributed by atoms with Crippen LogP contribution in [0.25, 0.3) is 0 Å². The highest BCUT2D eigenvalue weighted by molar-refractivity contribution is 7.93. The van der Waals surface area contributed by atoms with Gasteiger partial charge in [-0.05, 0) is 37.5 Å². The maximum atomic E-state index is 12.5. The fraction of sp³-hybridized carbons (Fsp3) is 0.400. The van der Waals surface area contributed by atoms with Gasteiger partial charge in [0.2, 0.25) is 5.13 Å². The molecule has 0 aliphatic heterocycles. The first-order valence-electron chi connectivity index (χ1n) is 7.54. The molecule has 136 valence electrons. The molecule has 1 unspecified atom stereocenters. The zero-order valence-electron chi connectivity index (χ0n) is 13.7. The molecule has 0 saturated carbocycles. The summed E-state index contributed by atoms with van der Waals surface area (Å²) in [6.45, 7) is 3.28. The summed E-state index contributed by atoms with van der Waals surface area (Å²) in [7, 11) is -3.80. The minimum atomic E-state index is -3.80. The summed E-state index contributed by atoms with van der Waals surface area (Å²) in [5.41, 5.74) is 0.462. The van der Waals surface area contributed by atoms with E-state index in [-0.39, 0.29) is 10.0 Å². The highest BCUT2D eigenvalue weighted by Gasteiger charge is 2.20. The number of carbonyl (C=O) groups is 1. The van der Waals surface area contributed by atoms with E-state index in [1.807, 2.05) is 0 Å². The standard InChI is InChI=1S/C15H18ClN3O4S2/c1-9(14(20)21)5-3-8-13-17-18-15(24-13)19-25(22,23)12-7-4-6-11(16)10(12)2/h4,6-7,9H,3,5,8H2,1-2H3,(H,18,19)(H,20,21). The van der Waals surface area contributed by atoms with Gasteiger partial charge in [-0.25, -0.2) is 8.42 Å². The minimum Gasteiger partial charge on any atom is -0.481 e. The first kappa shape index (κ1) is 19.6. The normalized spacial score (nSPS) is 12.8. The lowest BCUT2D eigenvalue weighted by molar-refractivity contribution is -0.141. The van der Waals surface area contributed by atoms with E-state index in [2.05, 4.69) is 14.9 Å². The second-order valence-corrected chi connectivity index (χ2v) is 8.72. The van der Waals surface area contributed by atoms with Gasteiger partial charge in [-0.1, -0.05) is 35.9 Å². The van der Waals surface area contributed by atoms with Gasteiger partial charge < -0.3 is 5.11 Å². The Kier molecular flexibility index (Phi) is 6.36. The fourth-order valence-electron chi connectivity index (χ4n) is 2.13. The summed E-state index contributed by atoms with van der Waals surface area (Å²) >= 11 is 7.10. The number of carboxylic acids is 1. The SMILES string of the molecule is Cc1c(Cl)cccc1S(=O)(=O)Nc1nnc(CCCC(C)C(=O)O)s1. The number of nitrogens with one attached hydrogen (secondary N) is 1. The number of sulfonamides is 1. The van der Waals surface area contributed by atoms with E-state index in [4.69, 9.17) is 16.7 Å². The topological polar surface area (TPSA) is 109 Å². The molecular formula is C15H18ClN3O4S2. The zero-order valence-corrected chi connectivity index (χ0v) is 16.1. The lowest BCUT2D eigenvalue weighted by Gasteiger charge is -2.08. The fourth-order valence-corrected chi connectivity index (χ4v) is 4.64. The molecule has 2 rings (SSSR count). The van der Waals surface area contributed by atoms with Gasteiger partial charge in [0, 0.05) is 11.4 Å². The smallest absolute Gasteiger partial charge is 0.306 e. The van der Waals surface area contributed by atoms with Crippen molar-refractivity contribution < 1.29 is 18.3 Å². The number of benzene rings is 1. The molecule has 0 radical (unpaired) electrons. The van der Waals surface area contributed by atoms with E-state index in [1.165, 1.54) is 6.07 Å². The molecule has 0 saturated heterocycles. The molecule has 0 fully saturated rings. The van der Waals surface area contributed by atoms with Gasteiger partial charge >= 0.3 is 5.97 Å². The van der Waals surface area contributed by atoms with E-state index in [0.717, 1.165) is 11.3 Å². The molecule has 0 aliphatic carbocycles. The van der Waals surface area contributed by atoms with Crippen LogP contribution < -0.4 is 4.72 Å². The molecule has 1 aromatic carbocycles. The lowest BCUT2D eigenvalue weighted by atomic mass is 10.1. The molecule has 1 heterocycles. The summed E-state index contributed by atoms with van der Waals surface area (Å²) < 4.78 is 27.3. The molecule has 25 heavy (non-hydrogen) atoms. The number of carboxylic acid groups (broad SMARTS) is 1. The largest absolute Gasteiger partial charge is 0.481 e. The molecule has 2 aromatic rings. The second kappa shape index (κ2) is 8.11. The predicted molar refractivity (Wildman–Crippen MR) is 96.6 cm³/mol. The number of rotatable bonds is 8. The Hall–Kier alpha value is -1.71. The third-order valence-corrected chi connectivity index (χ3v) is 6.57. The number of halogens is 1. The average Bonchev–Trinajstić information content (AvgIpc) is 2.96. The Balaban J connectivity index is 2.03. The maximum Gasteiger partial charge on any atom is 0.306 e. The van der Waals surface area contributed by atoms with E-state index >= 15 is 0 Å². The molecule has 0 aliphatic rings. The van der Waals surface area contributed by atoms with Crippen molar-refractivity contribution >= 4 is 44.1 Å². The van der Waals surface area contributed by atoms with Gasteiger partial charge in [0.05, 0.1) is 10.8 Å². The van der Waals surface area contributed by atoms with Crippen molar-refractivity contribution in [2.24, 2.45) is 5.92 Å². The Labute approximate surface area is 155 Å². The molecule has 0 amide bonds. The maximum absolute atomic E-state index is 12.5. The number of hydrogen-bond donors (Lipinski definition) is 2. The number of hydrogen-bond acceptors (Lipinski definition) is 6. The highest BCUT2D eigenvalue weighted by atomic mass is 35.5. The van der Waals surface area contributed by atoms with Crippen molar-refractivity contribution in [2.45, 2.75) is 38.0 Å². The molecule has 0 bridgehead atoms. The zero-order chi connectivity index (χ0) is 18.6. The molecule has 1 atom stereocenters. The van der Waals surface area contributed by atoms with Crippen molar-refractivity contribution in [1.29, 1.82) is 0 Å². The summed E-state index contributed by atoms with van der Waals surface area (Å²) in [5, 5.41) is 17.8. The number of aromatic nitrogens is 2. The third kappa shape index (κ3) is 5.13. The van der Waals surface area contributed by atoms with Crippen LogP contribution in [0.5, 0.6) is 0 Å². The van der Waals surface area contributed by atoms with Crippen LogP contribution in [0, 0.1) is 12.8 Å². The van der Waals surface area contributed by atoms with Gasteiger partial charge in [-0.2, -0.15) is 0 Å². The summed E-state index contributed by atoms with van der Waals surface area (Å²) in [5.74, 6) is -1.25. The van der Waals surface area contributed by atoms with E-state index in [1.54, 1.807) is 26.0 Å². The Morgan fingerprint density at radius 2 is 2.12 bits per heavy atom. The highest BCUT2D eigenvalue weighted by Crippen LogP contribution is 2.26. The van der Waals surface area contributed by atoms with E-state index in [9.17, 15) is 13.2 Å². The Bertz CT molecular complexity index is 867. The first-order chi connectivity index (χ1) is 11.7. The first-order valence-corrected chi connectivity index (χ1v) is 10.2. The van der Waals surface area contributed by atoms with Crippen LogP contribution in [0.15, 0.2) is 23.1 Å². The monoisotopic (exact) mass is 403 g/mol. The van der Waals surface area contributed by atoms with Crippen LogP contribution in [-0.2, 0) is 21.2 Å². The predicted octanol–water partition coefficient (Wildman–Crippen LogP) is 3.34. The Morgan fingerprint density at radius 1 is 1.40 bits per heavy atom. The van der Waals surface area contributed by atoms with Crippen LogP contribution in [0.3, 0.4) is 0 Å². The minimum absolute atomic E-state index is 0.0898. The number of anilines is 1. The summed E-state index contributed by atoms with van der Waals surface area (Å²) in [4.78, 5) is 10.9. The van der Waals surface area contributed by atoms with Crippen molar-refractivity contribution in [2.75, 3.05) is 4.72 Å². The van der Waals surface area contributed by atoms with E-state index < -0.39 is 21.9 Å². The summed E-state index contributed by atoms with van der Waals surface area (Å²) in [6, 6.07) is 4.66. The molecule has 1 aromatic heterocycles. The van der Waals surface area contributed by atoms with Gasteiger partial charge in [0.1, 0.15) is 5.01 Å². The quantitative estimate of drug-likeness (QED) is 0.699. The van der Waals surface area contributed by atoms with Gasteiger partial charge in [0.25, 0.3) is 10.0 Å². The molecule has 0 spiro atoms. The van der Waals surface area contributed by atoms with E-state index in [0.29, 0.717) is 34.9 Å². The van der Waals surface area contributed by atoms with Gasteiger partial charge in [0.15, 0.2) is 0 Å². The molecular weight excluding hydrogens is 386 g/mol. The van der Waals surface area contributed by atoms with Crippen LogP contribution >= 0.6 is 22.9 Å². The Morgan fingerprint density at radius 3 is 2.80 bits per heavy atom. The number of aryl methyl sites for hydroxylation is 1. The molecule has 7 nitrogen and oxygen atoms in total. The lowest BCUT2D eigenvalue weighted by Crippen LogP contribution is -2.14. The molecule has 2 N–H and O–H groups in total. The van der Waals surface area contributed by atoms with Crippen molar-refractivity contribution in [3.05, 3.63) is 33.8 Å². The van der Waals surface area contributed by atoms with Crippen molar-refractivity contribution in [3.8, 4) is 0 Å². The van der Waals surface area contributed by atoms with Crippen LogP contribution in [0.4, 0.5) is 5.13 Å². The van der Waals surface area contributed by atoms with Crippen LogP contribution in [0.2, 0.25) is 5.02 Å². The average molecular weight is 404 g/mol. The number of nitrogens with zero attached hydrogens (tertiary/aromatic N) is 2. The number of aliphatic carboxylic acids is 1. The summed E-state index contributed by atoms with van der Waals surface area (Å²) in [6.07, 6.45) is 1.72. The molecule has 10 heteroatoms. The van der Waals surface area contributed by atoms with Crippen molar-refractivity contribution in [3.63, 3.8) is 0 Å². The van der Waals surface area contributed by atoms with Gasteiger partial charge in [-0.3, -0.25) is 9.52 Å². The third-order valence-electron chi connectivity index (χ3n) is 3.65.